The number of hydrogen-bond acceptors (Lipinski definition) is 4. The highest BCUT2D eigenvalue weighted by Gasteiger charge is 2.25. The van der Waals surface area contributed by atoms with Crippen molar-refractivity contribution in [3.63, 3.8) is 0 Å². The van der Waals surface area contributed by atoms with Crippen LogP contribution in [0.2, 0.25) is 0 Å². The Morgan fingerprint density at radius 2 is 1.62 bits per heavy atom. The summed E-state index contributed by atoms with van der Waals surface area (Å²) in [5, 5.41) is 2.72. The van der Waals surface area contributed by atoms with Gasteiger partial charge in [0.15, 0.2) is 0 Å². The van der Waals surface area contributed by atoms with Crippen LogP contribution in [0.1, 0.15) is 23.6 Å². The second-order valence-electron chi connectivity index (χ2n) is 8.46. The number of nitrogens with one attached hydrogen (secondary N) is 1. The molecule has 1 heterocycles. The van der Waals surface area contributed by atoms with Gasteiger partial charge in [0, 0.05) is 31.9 Å². The predicted molar refractivity (Wildman–Crippen MR) is 133 cm³/mol. The van der Waals surface area contributed by atoms with Gasteiger partial charge in [-0.1, -0.05) is 42.5 Å². The number of rotatable bonds is 7. The summed E-state index contributed by atoms with van der Waals surface area (Å²) in [6.45, 7) is 4.88. The molecule has 34 heavy (non-hydrogen) atoms. The van der Waals surface area contributed by atoms with Crippen molar-refractivity contribution in [3.05, 3.63) is 90.0 Å². The van der Waals surface area contributed by atoms with Crippen molar-refractivity contribution in [2.75, 3.05) is 31.1 Å². The van der Waals surface area contributed by atoms with E-state index in [4.69, 9.17) is 10.5 Å². The second kappa shape index (κ2) is 10.7. The van der Waals surface area contributed by atoms with Crippen LogP contribution in [-0.4, -0.2) is 43.0 Å². The maximum atomic E-state index is 13.1. The highest BCUT2D eigenvalue weighted by Crippen LogP contribution is 2.27. The molecule has 0 spiro atoms. The number of amides is 3. The highest BCUT2D eigenvalue weighted by atomic mass is 16.5. The fourth-order valence-electron chi connectivity index (χ4n) is 4.19. The molecule has 1 aliphatic heterocycles. The minimum Gasteiger partial charge on any atom is -0.457 e. The standard InChI is InChI=1S/C27H30N4O3/c1-20-7-5-9-22(17-20)30-13-15-31(16-14-30)26(32)19-25(29-27(28)33)21-8-6-12-24(18-21)34-23-10-3-2-4-11-23/h2-12,17-18,25H,13-16,19H2,1H3,(H3,28,29,33). The van der Waals surface area contributed by atoms with Gasteiger partial charge in [0.2, 0.25) is 5.91 Å². The van der Waals surface area contributed by atoms with Crippen molar-refractivity contribution < 1.29 is 14.3 Å². The first-order valence-electron chi connectivity index (χ1n) is 11.5. The molecule has 3 N–H and O–H groups in total. The number of hydrogen-bond donors (Lipinski definition) is 2. The molecule has 3 amide bonds. The lowest BCUT2D eigenvalue weighted by Gasteiger charge is -2.37. The molecule has 0 bridgehead atoms. The van der Waals surface area contributed by atoms with Gasteiger partial charge in [-0.25, -0.2) is 4.79 Å². The van der Waals surface area contributed by atoms with Crippen LogP contribution in [0.5, 0.6) is 11.5 Å². The summed E-state index contributed by atoms with van der Waals surface area (Å²) in [4.78, 5) is 29.0. The molecular weight excluding hydrogens is 428 g/mol. The summed E-state index contributed by atoms with van der Waals surface area (Å²) < 4.78 is 5.91. The van der Waals surface area contributed by atoms with Crippen LogP contribution in [0.4, 0.5) is 10.5 Å². The van der Waals surface area contributed by atoms with Crippen molar-refractivity contribution >= 4 is 17.6 Å². The lowest BCUT2D eigenvalue weighted by molar-refractivity contribution is -0.132. The highest BCUT2D eigenvalue weighted by molar-refractivity contribution is 5.79. The molecule has 4 rings (SSSR count). The van der Waals surface area contributed by atoms with Crippen LogP contribution in [0.3, 0.4) is 0 Å². The third-order valence-electron chi connectivity index (χ3n) is 5.93. The first kappa shape index (κ1) is 23.2. The average Bonchev–Trinajstić information content (AvgIpc) is 2.84. The summed E-state index contributed by atoms with van der Waals surface area (Å²) in [6.07, 6.45) is 0.127. The molecule has 3 aromatic carbocycles. The Morgan fingerprint density at radius 3 is 2.32 bits per heavy atom. The zero-order valence-corrected chi connectivity index (χ0v) is 19.3. The predicted octanol–water partition coefficient (Wildman–Crippen LogP) is 4.24. The number of aryl methyl sites for hydroxylation is 1. The second-order valence-corrected chi connectivity index (χ2v) is 8.46. The van der Waals surface area contributed by atoms with Gasteiger partial charge in [0.05, 0.1) is 12.5 Å². The smallest absolute Gasteiger partial charge is 0.312 e. The van der Waals surface area contributed by atoms with E-state index < -0.39 is 12.1 Å². The molecule has 7 nitrogen and oxygen atoms in total. The lowest BCUT2D eigenvalue weighted by atomic mass is 10.0. The molecule has 1 fully saturated rings. The average molecular weight is 459 g/mol. The Labute approximate surface area is 200 Å². The van der Waals surface area contributed by atoms with Gasteiger partial charge in [-0.2, -0.15) is 0 Å². The molecule has 0 aromatic heterocycles. The molecule has 176 valence electrons. The van der Waals surface area contributed by atoms with E-state index in [0.717, 1.165) is 18.7 Å². The van der Waals surface area contributed by atoms with Crippen LogP contribution in [0.15, 0.2) is 78.9 Å². The molecule has 3 aromatic rings. The molecule has 1 atom stereocenters. The third-order valence-corrected chi connectivity index (χ3v) is 5.93. The zero-order chi connectivity index (χ0) is 23.9. The van der Waals surface area contributed by atoms with Gasteiger partial charge < -0.3 is 25.6 Å². The molecule has 7 heteroatoms. The number of nitrogens with two attached hydrogens (primary N) is 1. The topological polar surface area (TPSA) is 87.9 Å². The van der Waals surface area contributed by atoms with Crippen LogP contribution in [-0.2, 0) is 4.79 Å². The number of anilines is 1. The van der Waals surface area contributed by atoms with Crippen molar-refractivity contribution in [2.24, 2.45) is 5.73 Å². The van der Waals surface area contributed by atoms with Gasteiger partial charge in [-0.3, -0.25) is 4.79 Å². The quantitative estimate of drug-likeness (QED) is 0.555. The van der Waals surface area contributed by atoms with Crippen LogP contribution in [0.25, 0.3) is 0 Å². The van der Waals surface area contributed by atoms with Crippen LogP contribution < -0.4 is 20.7 Å². The van der Waals surface area contributed by atoms with E-state index in [-0.39, 0.29) is 12.3 Å². The summed E-state index contributed by atoms with van der Waals surface area (Å²) in [5.41, 5.74) is 8.59. The molecule has 0 radical (unpaired) electrons. The lowest BCUT2D eigenvalue weighted by Crippen LogP contribution is -2.49. The largest absolute Gasteiger partial charge is 0.457 e. The molecule has 0 saturated carbocycles. The third kappa shape index (κ3) is 6.07. The number of ether oxygens (including phenoxy) is 1. The summed E-state index contributed by atoms with van der Waals surface area (Å²) in [7, 11) is 0. The van der Waals surface area contributed by atoms with Crippen molar-refractivity contribution in [3.8, 4) is 11.5 Å². The minimum absolute atomic E-state index is 0.0166. The van der Waals surface area contributed by atoms with E-state index in [2.05, 4.69) is 41.4 Å². The molecule has 1 saturated heterocycles. The van der Waals surface area contributed by atoms with Crippen molar-refractivity contribution in [1.82, 2.24) is 10.2 Å². The van der Waals surface area contributed by atoms with E-state index in [9.17, 15) is 9.59 Å². The number of benzene rings is 3. The van der Waals surface area contributed by atoms with Crippen LogP contribution >= 0.6 is 0 Å². The molecular formula is C27H30N4O3. The Bertz CT molecular complexity index is 1130. The van der Waals surface area contributed by atoms with Crippen LogP contribution in [0, 0.1) is 6.92 Å². The van der Waals surface area contributed by atoms with Gasteiger partial charge in [-0.15, -0.1) is 0 Å². The maximum Gasteiger partial charge on any atom is 0.312 e. The number of primary amides is 1. The maximum absolute atomic E-state index is 13.1. The normalized spacial score (nSPS) is 14.4. The minimum atomic E-state index is -0.670. The van der Waals surface area contributed by atoms with Gasteiger partial charge in [0.25, 0.3) is 0 Å². The first-order chi connectivity index (χ1) is 16.5. The number of urea groups is 1. The molecule has 1 unspecified atom stereocenters. The monoisotopic (exact) mass is 458 g/mol. The number of para-hydroxylation sites is 1. The SMILES string of the molecule is Cc1cccc(N2CCN(C(=O)CC(NC(N)=O)c3cccc(Oc4ccccc4)c3)CC2)c1. The van der Waals surface area contributed by atoms with Gasteiger partial charge >= 0.3 is 6.03 Å². The van der Waals surface area contributed by atoms with Crippen molar-refractivity contribution in [2.45, 2.75) is 19.4 Å². The zero-order valence-electron chi connectivity index (χ0n) is 19.3. The van der Waals surface area contributed by atoms with E-state index >= 15 is 0 Å². The molecule has 1 aliphatic rings. The van der Waals surface area contributed by atoms with Gasteiger partial charge in [-0.05, 0) is 54.4 Å². The Balaban J connectivity index is 1.41. The Hall–Kier alpha value is -4.00. The Kier molecular flexibility index (Phi) is 7.32. The Morgan fingerprint density at radius 1 is 0.912 bits per heavy atom. The van der Waals surface area contributed by atoms with Crippen molar-refractivity contribution in [1.29, 1.82) is 0 Å². The number of carbonyl (C=O) groups is 2. The van der Waals surface area contributed by atoms with Gasteiger partial charge in [0.1, 0.15) is 11.5 Å². The fourth-order valence-corrected chi connectivity index (χ4v) is 4.19. The first-order valence-corrected chi connectivity index (χ1v) is 11.5. The van der Waals surface area contributed by atoms with E-state index in [1.165, 1.54) is 11.3 Å². The summed E-state index contributed by atoms with van der Waals surface area (Å²) in [5.74, 6) is 1.32. The number of carbonyl (C=O) groups excluding carboxylic acids is 2. The fraction of sp³-hybridized carbons (Fsp3) is 0.259. The van der Waals surface area contributed by atoms with E-state index in [1.807, 2.05) is 59.5 Å². The molecule has 0 aliphatic carbocycles. The summed E-state index contributed by atoms with van der Waals surface area (Å²) >= 11 is 0. The van der Waals surface area contributed by atoms with E-state index in [1.54, 1.807) is 0 Å². The van der Waals surface area contributed by atoms with E-state index in [0.29, 0.717) is 24.6 Å². The number of nitrogens with zero attached hydrogens (tertiary/aromatic N) is 2. The number of piperazine rings is 1. The summed E-state index contributed by atoms with van der Waals surface area (Å²) in [6, 6.07) is 24.0.